The third-order valence-electron chi connectivity index (χ3n) is 3.09. The maximum atomic E-state index is 12.9. The van der Waals surface area contributed by atoms with E-state index >= 15 is 0 Å². The molecule has 0 aliphatic carbocycles. The van der Waals surface area contributed by atoms with Gasteiger partial charge in [0.2, 0.25) is 0 Å². The number of hydrogen-bond acceptors (Lipinski definition) is 3. The normalized spacial score (nSPS) is 12.2. The molecule has 0 aliphatic heterocycles. The number of aliphatic hydroxyl groups is 1. The van der Waals surface area contributed by atoms with Gasteiger partial charge in [0.1, 0.15) is 18.2 Å². The SMILES string of the molecule is C[C@H](O)CNCc1cc(Cl)ccc1OCc1ccc(F)cc1. The van der Waals surface area contributed by atoms with Gasteiger partial charge in [-0.2, -0.15) is 0 Å². The fourth-order valence-electron chi connectivity index (χ4n) is 1.98. The summed E-state index contributed by atoms with van der Waals surface area (Å²) in [5.41, 5.74) is 1.80. The molecule has 2 rings (SSSR count). The van der Waals surface area contributed by atoms with Gasteiger partial charge in [-0.1, -0.05) is 23.7 Å². The monoisotopic (exact) mass is 323 g/mol. The number of benzene rings is 2. The number of hydrogen-bond donors (Lipinski definition) is 2. The molecule has 2 aromatic rings. The molecule has 0 amide bonds. The second kappa shape index (κ2) is 8.13. The molecule has 0 saturated carbocycles. The van der Waals surface area contributed by atoms with Crippen molar-refractivity contribution in [1.29, 1.82) is 0 Å². The van der Waals surface area contributed by atoms with Gasteiger partial charge in [-0.15, -0.1) is 0 Å². The molecular weight excluding hydrogens is 305 g/mol. The number of aliphatic hydroxyl groups excluding tert-OH is 1. The minimum absolute atomic E-state index is 0.266. The van der Waals surface area contributed by atoms with Gasteiger partial charge in [-0.3, -0.25) is 0 Å². The fourth-order valence-corrected chi connectivity index (χ4v) is 2.18. The van der Waals surface area contributed by atoms with Crippen LogP contribution in [0.4, 0.5) is 4.39 Å². The first kappa shape index (κ1) is 16.7. The first-order valence-corrected chi connectivity index (χ1v) is 7.47. The molecule has 0 bridgehead atoms. The average molecular weight is 324 g/mol. The highest BCUT2D eigenvalue weighted by Crippen LogP contribution is 2.24. The van der Waals surface area contributed by atoms with E-state index in [0.717, 1.165) is 11.1 Å². The van der Waals surface area contributed by atoms with Crippen LogP contribution in [0.25, 0.3) is 0 Å². The van der Waals surface area contributed by atoms with E-state index in [4.69, 9.17) is 16.3 Å². The van der Waals surface area contributed by atoms with Crippen molar-refractivity contribution in [2.24, 2.45) is 0 Å². The molecule has 0 saturated heterocycles. The highest BCUT2D eigenvalue weighted by Gasteiger charge is 2.06. The zero-order chi connectivity index (χ0) is 15.9. The summed E-state index contributed by atoms with van der Waals surface area (Å²) in [6.45, 7) is 3.11. The van der Waals surface area contributed by atoms with Gasteiger partial charge in [0, 0.05) is 23.7 Å². The van der Waals surface area contributed by atoms with E-state index in [0.29, 0.717) is 30.5 Å². The highest BCUT2D eigenvalue weighted by molar-refractivity contribution is 6.30. The summed E-state index contributed by atoms with van der Waals surface area (Å²) in [5.74, 6) is 0.449. The molecule has 22 heavy (non-hydrogen) atoms. The molecule has 2 N–H and O–H groups in total. The van der Waals surface area contributed by atoms with Crippen molar-refractivity contribution < 1.29 is 14.2 Å². The predicted molar refractivity (Wildman–Crippen MR) is 85.6 cm³/mol. The van der Waals surface area contributed by atoms with E-state index in [-0.39, 0.29) is 5.82 Å². The van der Waals surface area contributed by atoms with Gasteiger partial charge >= 0.3 is 0 Å². The Morgan fingerprint density at radius 2 is 1.95 bits per heavy atom. The van der Waals surface area contributed by atoms with Crippen LogP contribution in [0.2, 0.25) is 5.02 Å². The Morgan fingerprint density at radius 1 is 1.23 bits per heavy atom. The van der Waals surface area contributed by atoms with Crippen LogP contribution in [0.3, 0.4) is 0 Å². The number of rotatable bonds is 7. The van der Waals surface area contributed by atoms with E-state index in [1.54, 1.807) is 25.1 Å². The van der Waals surface area contributed by atoms with E-state index in [2.05, 4.69) is 5.32 Å². The molecule has 0 fully saturated rings. The summed E-state index contributed by atoms with van der Waals surface area (Å²) in [6.07, 6.45) is -0.414. The molecule has 5 heteroatoms. The summed E-state index contributed by atoms with van der Waals surface area (Å²) in [6, 6.07) is 11.6. The molecule has 0 unspecified atom stereocenters. The molecule has 0 spiro atoms. The zero-order valence-electron chi connectivity index (χ0n) is 12.4. The predicted octanol–water partition coefficient (Wildman–Crippen LogP) is 3.53. The molecule has 0 aliphatic rings. The lowest BCUT2D eigenvalue weighted by Gasteiger charge is -2.13. The van der Waals surface area contributed by atoms with Gasteiger partial charge in [0.25, 0.3) is 0 Å². The molecule has 1 atom stereocenters. The van der Waals surface area contributed by atoms with Crippen LogP contribution in [0.15, 0.2) is 42.5 Å². The molecule has 0 aromatic heterocycles. The Balaban J connectivity index is 2.01. The van der Waals surface area contributed by atoms with Crippen LogP contribution >= 0.6 is 11.6 Å². The van der Waals surface area contributed by atoms with E-state index in [9.17, 15) is 9.50 Å². The molecular formula is C17H19ClFNO2. The smallest absolute Gasteiger partial charge is 0.124 e. The maximum Gasteiger partial charge on any atom is 0.124 e. The molecule has 2 aromatic carbocycles. The highest BCUT2D eigenvalue weighted by atomic mass is 35.5. The third kappa shape index (κ3) is 5.30. The first-order valence-electron chi connectivity index (χ1n) is 7.09. The zero-order valence-corrected chi connectivity index (χ0v) is 13.1. The fraction of sp³-hybridized carbons (Fsp3) is 0.294. The quantitative estimate of drug-likeness (QED) is 0.819. The van der Waals surface area contributed by atoms with Crippen molar-refractivity contribution in [1.82, 2.24) is 5.32 Å². The van der Waals surface area contributed by atoms with Gasteiger partial charge in [-0.05, 0) is 42.8 Å². The topological polar surface area (TPSA) is 41.5 Å². The lowest BCUT2D eigenvalue weighted by molar-refractivity contribution is 0.190. The Kier molecular flexibility index (Phi) is 6.19. The Morgan fingerprint density at radius 3 is 2.64 bits per heavy atom. The van der Waals surface area contributed by atoms with Crippen molar-refractivity contribution >= 4 is 11.6 Å². The van der Waals surface area contributed by atoms with Gasteiger partial charge in [0.15, 0.2) is 0 Å². The largest absolute Gasteiger partial charge is 0.489 e. The van der Waals surface area contributed by atoms with E-state index < -0.39 is 6.10 Å². The van der Waals surface area contributed by atoms with Crippen molar-refractivity contribution in [3.05, 3.63) is 64.4 Å². The van der Waals surface area contributed by atoms with Crippen molar-refractivity contribution in [3.63, 3.8) is 0 Å². The number of ether oxygens (including phenoxy) is 1. The Hall–Kier alpha value is -1.62. The van der Waals surface area contributed by atoms with Crippen LogP contribution in [-0.4, -0.2) is 17.8 Å². The van der Waals surface area contributed by atoms with E-state index in [1.165, 1.54) is 12.1 Å². The second-order valence-corrected chi connectivity index (χ2v) is 5.58. The lowest BCUT2D eigenvalue weighted by atomic mass is 10.2. The molecule has 3 nitrogen and oxygen atoms in total. The average Bonchev–Trinajstić information content (AvgIpc) is 2.48. The van der Waals surface area contributed by atoms with Gasteiger partial charge in [0.05, 0.1) is 6.10 Å². The molecule has 0 heterocycles. The molecule has 0 radical (unpaired) electrons. The van der Waals surface area contributed by atoms with Gasteiger partial charge in [-0.25, -0.2) is 4.39 Å². The van der Waals surface area contributed by atoms with Crippen molar-refractivity contribution in [2.45, 2.75) is 26.2 Å². The maximum absolute atomic E-state index is 12.9. The minimum Gasteiger partial charge on any atom is -0.489 e. The van der Waals surface area contributed by atoms with Crippen LogP contribution < -0.4 is 10.1 Å². The number of nitrogens with one attached hydrogen (secondary N) is 1. The van der Waals surface area contributed by atoms with Crippen molar-refractivity contribution in [2.75, 3.05) is 6.54 Å². The summed E-state index contributed by atoms with van der Waals surface area (Å²) >= 11 is 6.02. The van der Waals surface area contributed by atoms with Crippen LogP contribution in [0, 0.1) is 5.82 Å². The summed E-state index contributed by atoms with van der Waals surface area (Å²) in [5, 5.41) is 13.0. The lowest BCUT2D eigenvalue weighted by Crippen LogP contribution is -2.24. The summed E-state index contributed by atoms with van der Waals surface area (Å²) in [4.78, 5) is 0. The standard InChI is InChI=1S/C17H19ClFNO2/c1-12(21)9-20-10-14-8-15(18)4-7-17(14)22-11-13-2-5-16(19)6-3-13/h2-8,12,20-21H,9-11H2,1H3/t12-/m0/s1. The van der Waals surface area contributed by atoms with Gasteiger partial charge < -0.3 is 15.2 Å². The van der Waals surface area contributed by atoms with Crippen LogP contribution in [0.1, 0.15) is 18.1 Å². The summed E-state index contributed by atoms with van der Waals surface area (Å²) in [7, 11) is 0. The Bertz CT molecular complexity index is 602. The number of halogens is 2. The van der Waals surface area contributed by atoms with Crippen LogP contribution in [0.5, 0.6) is 5.75 Å². The third-order valence-corrected chi connectivity index (χ3v) is 3.32. The molecule has 118 valence electrons. The summed E-state index contributed by atoms with van der Waals surface area (Å²) < 4.78 is 18.7. The van der Waals surface area contributed by atoms with Crippen LogP contribution in [-0.2, 0) is 13.2 Å². The van der Waals surface area contributed by atoms with Crippen molar-refractivity contribution in [3.8, 4) is 5.75 Å². The second-order valence-electron chi connectivity index (χ2n) is 5.15. The first-order chi connectivity index (χ1) is 10.5. The minimum atomic E-state index is -0.414. The Labute approximate surface area is 134 Å². The van der Waals surface area contributed by atoms with E-state index in [1.807, 2.05) is 12.1 Å².